The predicted molar refractivity (Wildman–Crippen MR) is 76.1 cm³/mol. The van der Waals surface area contributed by atoms with Gasteiger partial charge in [-0.1, -0.05) is 0 Å². The second-order valence-corrected chi connectivity index (χ2v) is 4.79. The van der Waals surface area contributed by atoms with Crippen LogP contribution in [0.5, 0.6) is 0 Å². The quantitative estimate of drug-likeness (QED) is 0.859. The molecule has 0 bridgehead atoms. The maximum atomic E-state index is 12.2. The van der Waals surface area contributed by atoms with Gasteiger partial charge in [0.1, 0.15) is 10.7 Å². The molecular weight excluding hydrogens is 278 g/mol. The third-order valence-corrected chi connectivity index (χ3v) is 3.47. The van der Waals surface area contributed by atoms with Crippen molar-refractivity contribution in [3.8, 4) is 0 Å². The Kier molecular flexibility index (Phi) is 4.52. The molecule has 0 radical (unpaired) electrons. The van der Waals surface area contributed by atoms with E-state index in [-0.39, 0.29) is 5.91 Å². The Hall–Kier alpha value is -2.15. The molecule has 0 spiro atoms. The lowest BCUT2D eigenvalue weighted by Crippen LogP contribution is -2.18. The molecule has 0 aromatic carbocycles. The topological polar surface area (TPSA) is 73.2 Å². The normalized spacial score (nSPS) is 10.3. The van der Waals surface area contributed by atoms with Gasteiger partial charge in [-0.3, -0.25) is 9.48 Å². The highest BCUT2D eigenvalue weighted by Gasteiger charge is 2.18. The van der Waals surface area contributed by atoms with Gasteiger partial charge in [0.25, 0.3) is 5.91 Å². The van der Waals surface area contributed by atoms with Gasteiger partial charge in [0.05, 0.1) is 12.2 Å². The molecular formula is C13H15N3O3S. The van der Waals surface area contributed by atoms with Gasteiger partial charge in [-0.15, -0.1) is 11.3 Å². The van der Waals surface area contributed by atoms with E-state index in [1.807, 2.05) is 6.92 Å². The van der Waals surface area contributed by atoms with E-state index in [4.69, 9.17) is 4.74 Å². The molecule has 0 aliphatic carbocycles. The largest absolute Gasteiger partial charge is 0.462 e. The minimum absolute atomic E-state index is 0.294. The molecule has 2 heterocycles. The molecule has 0 aliphatic rings. The summed E-state index contributed by atoms with van der Waals surface area (Å²) in [6.07, 6.45) is 1.57. The zero-order valence-electron chi connectivity index (χ0n) is 11.3. The van der Waals surface area contributed by atoms with Crippen molar-refractivity contribution in [2.75, 3.05) is 11.9 Å². The summed E-state index contributed by atoms with van der Waals surface area (Å²) in [6, 6.07) is 3.27. The molecule has 0 aliphatic heterocycles. The van der Waals surface area contributed by atoms with E-state index in [9.17, 15) is 9.59 Å². The van der Waals surface area contributed by atoms with Crippen molar-refractivity contribution in [1.29, 1.82) is 0 Å². The van der Waals surface area contributed by atoms with Crippen molar-refractivity contribution in [3.05, 3.63) is 35.0 Å². The first-order valence-electron chi connectivity index (χ1n) is 6.25. The van der Waals surface area contributed by atoms with Crippen LogP contribution in [0.15, 0.2) is 23.7 Å². The molecule has 2 rings (SSSR count). The molecule has 0 fully saturated rings. The molecule has 106 valence electrons. The summed E-state index contributed by atoms with van der Waals surface area (Å²) < 4.78 is 6.53. The smallest absolute Gasteiger partial charge is 0.341 e. The molecule has 20 heavy (non-hydrogen) atoms. The molecule has 2 aromatic rings. The van der Waals surface area contributed by atoms with Crippen LogP contribution in [0, 0.1) is 0 Å². The van der Waals surface area contributed by atoms with E-state index < -0.39 is 5.97 Å². The monoisotopic (exact) mass is 293 g/mol. The maximum Gasteiger partial charge on any atom is 0.341 e. The molecule has 0 saturated carbocycles. The van der Waals surface area contributed by atoms with Crippen molar-refractivity contribution < 1.29 is 14.3 Å². The van der Waals surface area contributed by atoms with E-state index in [0.29, 0.717) is 29.4 Å². The standard InChI is InChI=1S/C13H15N3O3S/c1-3-16-10(5-7-14-16)11(17)15-12-9(6-8-20-12)13(18)19-4-2/h5-8H,3-4H2,1-2H3,(H,15,17). The van der Waals surface area contributed by atoms with Crippen molar-refractivity contribution >= 4 is 28.2 Å². The SMILES string of the molecule is CCOC(=O)c1ccsc1NC(=O)c1ccnn1CC. The van der Waals surface area contributed by atoms with Crippen molar-refractivity contribution in [2.24, 2.45) is 0 Å². The molecule has 1 amide bonds. The van der Waals surface area contributed by atoms with Crippen LogP contribution in [0.4, 0.5) is 5.00 Å². The highest BCUT2D eigenvalue weighted by Crippen LogP contribution is 2.24. The molecule has 0 atom stereocenters. The van der Waals surface area contributed by atoms with Crippen LogP contribution < -0.4 is 5.32 Å². The number of anilines is 1. The zero-order chi connectivity index (χ0) is 14.5. The first-order valence-corrected chi connectivity index (χ1v) is 7.13. The third-order valence-electron chi connectivity index (χ3n) is 2.64. The summed E-state index contributed by atoms with van der Waals surface area (Å²) >= 11 is 1.28. The number of aromatic nitrogens is 2. The fourth-order valence-electron chi connectivity index (χ4n) is 1.72. The Morgan fingerprint density at radius 1 is 1.40 bits per heavy atom. The summed E-state index contributed by atoms with van der Waals surface area (Å²) in [5, 5.41) is 8.98. The summed E-state index contributed by atoms with van der Waals surface area (Å²) in [7, 11) is 0. The Morgan fingerprint density at radius 2 is 2.20 bits per heavy atom. The lowest BCUT2D eigenvalue weighted by Gasteiger charge is -2.07. The Bertz CT molecular complexity index is 618. The first kappa shape index (κ1) is 14.3. The van der Waals surface area contributed by atoms with E-state index >= 15 is 0 Å². The average molecular weight is 293 g/mol. The Morgan fingerprint density at radius 3 is 2.90 bits per heavy atom. The van der Waals surface area contributed by atoms with Crippen LogP contribution in [0.1, 0.15) is 34.7 Å². The van der Waals surface area contributed by atoms with E-state index in [1.165, 1.54) is 11.3 Å². The second-order valence-electron chi connectivity index (χ2n) is 3.87. The molecule has 2 aromatic heterocycles. The lowest BCUT2D eigenvalue weighted by molar-refractivity contribution is 0.0528. The van der Waals surface area contributed by atoms with Gasteiger partial charge in [0.2, 0.25) is 0 Å². The maximum absolute atomic E-state index is 12.2. The molecule has 6 nitrogen and oxygen atoms in total. The van der Waals surface area contributed by atoms with Gasteiger partial charge in [-0.2, -0.15) is 5.10 Å². The van der Waals surface area contributed by atoms with Gasteiger partial charge in [0, 0.05) is 12.7 Å². The number of esters is 1. The zero-order valence-corrected chi connectivity index (χ0v) is 12.1. The van der Waals surface area contributed by atoms with Gasteiger partial charge >= 0.3 is 5.97 Å². The number of thiophene rings is 1. The number of carbonyl (C=O) groups excluding carboxylic acids is 2. The fraction of sp³-hybridized carbons (Fsp3) is 0.308. The minimum Gasteiger partial charge on any atom is -0.462 e. The Balaban J connectivity index is 2.17. The predicted octanol–water partition coefficient (Wildman–Crippen LogP) is 2.39. The van der Waals surface area contributed by atoms with Crippen LogP contribution in [0.3, 0.4) is 0 Å². The van der Waals surface area contributed by atoms with Gasteiger partial charge in [0.15, 0.2) is 0 Å². The average Bonchev–Trinajstić information content (AvgIpc) is 3.06. The second kappa shape index (κ2) is 6.33. The number of hydrogen-bond acceptors (Lipinski definition) is 5. The van der Waals surface area contributed by atoms with E-state index in [1.54, 1.807) is 35.3 Å². The van der Waals surface area contributed by atoms with Crippen molar-refractivity contribution in [1.82, 2.24) is 9.78 Å². The van der Waals surface area contributed by atoms with E-state index in [2.05, 4.69) is 10.4 Å². The minimum atomic E-state index is -0.437. The number of rotatable bonds is 5. The van der Waals surface area contributed by atoms with Crippen LogP contribution >= 0.6 is 11.3 Å². The molecule has 1 N–H and O–H groups in total. The number of carbonyl (C=O) groups is 2. The molecule has 0 saturated heterocycles. The van der Waals surface area contributed by atoms with Gasteiger partial charge in [-0.05, 0) is 31.4 Å². The van der Waals surface area contributed by atoms with E-state index in [0.717, 1.165) is 0 Å². The number of hydrogen-bond donors (Lipinski definition) is 1. The number of ether oxygens (including phenoxy) is 1. The number of nitrogens with one attached hydrogen (secondary N) is 1. The highest BCUT2D eigenvalue weighted by atomic mass is 32.1. The Labute approximate surface area is 120 Å². The number of amides is 1. The van der Waals surface area contributed by atoms with Crippen LogP contribution in [-0.4, -0.2) is 28.3 Å². The number of aryl methyl sites for hydroxylation is 1. The molecule has 7 heteroatoms. The van der Waals surface area contributed by atoms with Crippen molar-refractivity contribution in [3.63, 3.8) is 0 Å². The lowest BCUT2D eigenvalue weighted by atomic mass is 10.3. The fourth-order valence-corrected chi connectivity index (χ4v) is 2.49. The highest BCUT2D eigenvalue weighted by molar-refractivity contribution is 7.14. The summed E-state index contributed by atoms with van der Waals surface area (Å²) in [5.74, 6) is -0.731. The van der Waals surface area contributed by atoms with Crippen LogP contribution in [-0.2, 0) is 11.3 Å². The van der Waals surface area contributed by atoms with Gasteiger partial charge < -0.3 is 10.1 Å². The summed E-state index contributed by atoms with van der Waals surface area (Å²) in [5.41, 5.74) is 0.823. The first-order chi connectivity index (χ1) is 9.67. The summed E-state index contributed by atoms with van der Waals surface area (Å²) in [4.78, 5) is 23.9. The van der Waals surface area contributed by atoms with Crippen LogP contribution in [0.2, 0.25) is 0 Å². The van der Waals surface area contributed by atoms with Crippen molar-refractivity contribution in [2.45, 2.75) is 20.4 Å². The van der Waals surface area contributed by atoms with Gasteiger partial charge in [-0.25, -0.2) is 4.79 Å². The van der Waals surface area contributed by atoms with Crippen LogP contribution in [0.25, 0.3) is 0 Å². The number of nitrogens with zero attached hydrogens (tertiary/aromatic N) is 2. The third kappa shape index (κ3) is 2.88. The molecule has 0 unspecified atom stereocenters. The summed E-state index contributed by atoms with van der Waals surface area (Å²) in [6.45, 7) is 4.54.